The van der Waals surface area contributed by atoms with Gasteiger partial charge in [-0.15, -0.1) is 0 Å². The second-order valence-corrected chi connectivity index (χ2v) is 6.63. The van der Waals surface area contributed by atoms with E-state index in [9.17, 15) is 0 Å². The van der Waals surface area contributed by atoms with Crippen LogP contribution in [0, 0.1) is 5.92 Å². The van der Waals surface area contributed by atoms with Gasteiger partial charge < -0.3 is 16.0 Å². The summed E-state index contributed by atoms with van der Waals surface area (Å²) in [5, 5.41) is 3.78. The maximum atomic E-state index is 6.02. The highest BCUT2D eigenvalue weighted by atomic mass is 15.1. The Balaban J connectivity index is 1.73. The van der Waals surface area contributed by atoms with Gasteiger partial charge in [0, 0.05) is 37.9 Å². The fourth-order valence-corrected chi connectivity index (χ4v) is 3.75. The zero-order valence-corrected chi connectivity index (χ0v) is 12.7. The SMILES string of the molecule is CC1CCC(NC(CN)c2ccc3c(c2)CCN3C)C1. The van der Waals surface area contributed by atoms with Crippen molar-refractivity contribution < 1.29 is 0 Å². The monoisotopic (exact) mass is 273 g/mol. The first-order chi connectivity index (χ1) is 9.67. The van der Waals surface area contributed by atoms with E-state index in [0.717, 1.165) is 18.9 Å². The molecule has 1 aliphatic heterocycles. The Morgan fingerprint density at radius 2 is 2.25 bits per heavy atom. The second-order valence-electron chi connectivity index (χ2n) is 6.63. The molecule has 1 aromatic rings. The predicted molar refractivity (Wildman–Crippen MR) is 85.2 cm³/mol. The summed E-state index contributed by atoms with van der Waals surface area (Å²) in [6, 6.07) is 7.83. The van der Waals surface area contributed by atoms with Gasteiger partial charge in [0.05, 0.1) is 0 Å². The van der Waals surface area contributed by atoms with Gasteiger partial charge in [0.2, 0.25) is 0 Å². The normalized spacial score (nSPS) is 26.9. The highest BCUT2D eigenvalue weighted by Crippen LogP contribution is 2.31. The number of anilines is 1. The van der Waals surface area contributed by atoms with Crippen molar-refractivity contribution in [2.45, 2.75) is 44.7 Å². The summed E-state index contributed by atoms with van der Waals surface area (Å²) < 4.78 is 0. The van der Waals surface area contributed by atoms with E-state index in [1.807, 2.05) is 0 Å². The Morgan fingerprint density at radius 3 is 2.95 bits per heavy atom. The molecule has 20 heavy (non-hydrogen) atoms. The maximum absolute atomic E-state index is 6.02. The molecule has 0 spiro atoms. The Bertz CT molecular complexity index is 471. The van der Waals surface area contributed by atoms with Crippen LogP contribution in [0.4, 0.5) is 5.69 Å². The van der Waals surface area contributed by atoms with Gasteiger partial charge in [-0.3, -0.25) is 0 Å². The predicted octanol–water partition coefficient (Wildman–Crippen LogP) is 2.46. The molecule has 2 aliphatic rings. The smallest absolute Gasteiger partial charge is 0.0446 e. The average molecular weight is 273 g/mol. The van der Waals surface area contributed by atoms with E-state index in [-0.39, 0.29) is 0 Å². The van der Waals surface area contributed by atoms with Gasteiger partial charge in [-0.2, -0.15) is 0 Å². The molecule has 3 nitrogen and oxygen atoms in total. The molecule has 1 fully saturated rings. The van der Waals surface area contributed by atoms with Crippen molar-refractivity contribution >= 4 is 5.69 Å². The highest BCUT2D eigenvalue weighted by Gasteiger charge is 2.24. The van der Waals surface area contributed by atoms with Gasteiger partial charge in [0.15, 0.2) is 0 Å². The number of benzene rings is 1. The summed E-state index contributed by atoms with van der Waals surface area (Å²) in [6.45, 7) is 4.17. The topological polar surface area (TPSA) is 41.3 Å². The summed E-state index contributed by atoms with van der Waals surface area (Å²) in [4.78, 5) is 2.34. The minimum atomic E-state index is 0.307. The molecule has 0 amide bonds. The molecule has 3 atom stereocenters. The number of rotatable bonds is 4. The van der Waals surface area contributed by atoms with Crippen LogP contribution >= 0.6 is 0 Å². The van der Waals surface area contributed by atoms with E-state index in [0.29, 0.717) is 18.6 Å². The van der Waals surface area contributed by atoms with Crippen LogP contribution in [0.1, 0.15) is 43.4 Å². The van der Waals surface area contributed by atoms with Crippen LogP contribution in [-0.2, 0) is 6.42 Å². The first-order valence-electron chi connectivity index (χ1n) is 7.97. The summed E-state index contributed by atoms with van der Waals surface area (Å²) in [5.74, 6) is 0.861. The van der Waals surface area contributed by atoms with Gasteiger partial charge in [0.1, 0.15) is 0 Å². The Morgan fingerprint density at radius 1 is 1.40 bits per heavy atom. The van der Waals surface area contributed by atoms with Crippen molar-refractivity contribution in [2.24, 2.45) is 11.7 Å². The second kappa shape index (κ2) is 5.74. The first kappa shape index (κ1) is 13.9. The molecule has 1 aliphatic carbocycles. The Labute approximate surface area is 122 Å². The van der Waals surface area contributed by atoms with Crippen molar-refractivity contribution in [2.75, 3.05) is 25.0 Å². The van der Waals surface area contributed by atoms with Crippen LogP contribution in [0.3, 0.4) is 0 Å². The highest BCUT2D eigenvalue weighted by molar-refractivity contribution is 5.58. The molecule has 3 rings (SSSR count). The van der Waals surface area contributed by atoms with Gasteiger partial charge in [-0.05, 0) is 48.8 Å². The van der Waals surface area contributed by atoms with Crippen molar-refractivity contribution in [1.82, 2.24) is 5.32 Å². The van der Waals surface area contributed by atoms with Crippen LogP contribution in [-0.4, -0.2) is 26.2 Å². The number of nitrogens with two attached hydrogens (primary N) is 1. The van der Waals surface area contributed by atoms with Crippen molar-refractivity contribution in [1.29, 1.82) is 0 Å². The van der Waals surface area contributed by atoms with E-state index in [1.165, 1.54) is 36.1 Å². The van der Waals surface area contributed by atoms with E-state index >= 15 is 0 Å². The number of fused-ring (bicyclic) bond motifs is 1. The van der Waals surface area contributed by atoms with Gasteiger partial charge in [-0.1, -0.05) is 19.1 Å². The lowest BCUT2D eigenvalue weighted by Gasteiger charge is -2.23. The van der Waals surface area contributed by atoms with Gasteiger partial charge in [-0.25, -0.2) is 0 Å². The number of hydrogen-bond acceptors (Lipinski definition) is 3. The van der Waals surface area contributed by atoms with Crippen LogP contribution < -0.4 is 16.0 Å². The number of hydrogen-bond donors (Lipinski definition) is 2. The van der Waals surface area contributed by atoms with E-state index < -0.39 is 0 Å². The lowest BCUT2D eigenvalue weighted by Crippen LogP contribution is -2.35. The third kappa shape index (κ3) is 2.70. The Kier molecular flexibility index (Phi) is 3.99. The van der Waals surface area contributed by atoms with Crippen LogP contribution in [0.5, 0.6) is 0 Å². The zero-order valence-electron chi connectivity index (χ0n) is 12.7. The Hall–Kier alpha value is -1.06. The molecule has 3 heteroatoms. The molecule has 0 bridgehead atoms. The molecule has 0 aromatic heterocycles. The van der Waals surface area contributed by atoms with Gasteiger partial charge in [0.25, 0.3) is 0 Å². The minimum Gasteiger partial charge on any atom is -0.374 e. The molecule has 110 valence electrons. The van der Waals surface area contributed by atoms with Crippen LogP contribution in [0.15, 0.2) is 18.2 Å². The molecular weight excluding hydrogens is 246 g/mol. The van der Waals surface area contributed by atoms with Crippen molar-refractivity contribution in [3.63, 3.8) is 0 Å². The number of nitrogens with one attached hydrogen (secondary N) is 1. The maximum Gasteiger partial charge on any atom is 0.0446 e. The first-order valence-corrected chi connectivity index (χ1v) is 7.97. The fraction of sp³-hybridized carbons (Fsp3) is 0.647. The number of nitrogens with zero attached hydrogens (tertiary/aromatic N) is 1. The quantitative estimate of drug-likeness (QED) is 0.885. The molecule has 3 unspecified atom stereocenters. The zero-order chi connectivity index (χ0) is 14.1. The van der Waals surface area contributed by atoms with Gasteiger partial charge >= 0.3 is 0 Å². The molecule has 1 heterocycles. The lowest BCUT2D eigenvalue weighted by atomic mass is 10.0. The number of likely N-dealkylation sites (N-methyl/N-ethyl adjacent to an activating group) is 1. The third-order valence-corrected chi connectivity index (χ3v) is 5.00. The lowest BCUT2D eigenvalue weighted by molar-refractivity contribution is 0.434. The molecule has 3 N–H and O–H groups in total. The molecule has 1 saturated carbocycles. The third-order valence-electron chi connectivity index (χ3n) is 5.00. The van der Waals surface area contributed by atoms with Crippen LogP contribution in [0.25, 0.3) is 0 Å². The van der Waals surface area contributed by atoms with Crippen molar-refractivity contribution in [3.8, 4) is 0 Å². The summed E-state index contributed by atoms with van der Waals surface area (Å²) in [7, 11) is 2.17. The van der Waals surface area contributed by atoms with E-state index in [4.69, 9.17) is 5.73 Å². The average Bonchev–Trinajstić information content (AvgIpc) is 3.02. The summed E-state index contributed by atoms with van der Waals surface area (Å²) >= 11 is 0. The molecular formula is C17H27N3. The largest absolute Gasteiger partial charge is 0.374 e. The van der Waals surface area contributed by atoms with E-state index in [1.54, 1.807) is 0 Å². The summed E-state index contributed by atoms with van der Waals surface area (Å²) in [5.41, 5.74) is 10.2. The van der Waals surface area contributed by atoms with E-state index in [2.05, 4.69) is 42.4 Å². The van der Waals surface area contributed by atoms with Crippen molar-refractivity contribution in [3.05, 3.63) is 29.3 Å². The minimum absolute atomic E-state index is 0.307. The van der Waals surface area contributed by atoms with Crippen LogP contribution in [0.2, 0.25) is 0 Å². The summed E-state index contributed by atoms with van der Waals surface area (Å²) in [6.07, 6.45) is 5.11. The molecule has 0 saturated heterocycles. The molecule has 1 aromatic carbocycles. The fourth-order valence-electron chi connectivity index (χ4n) is 3.75. The molecule has 0 radical (unpaired) electrons. The standard InChI is InChI=1S/C17H27N3/c1-12-3-5-15(9-12)19-16(11-18)13-4-6-17-14(10-13)7-8-20(17)2/h4,6,10,12,15-16,19H,3,5,7-9,11,18H2,1-2H3.